The highest BCUT2D eigenvalue weighted by molar-refractivity contribution is 6.09. The van der Waals surface area contributed by atoms with E-state index in [1.165, 1.54) is 0 Å². The summed E-state index contributed by atoms with van der Waals surface area (Å²) in [5.74, 6) is 1.000. The van der Waals surface area contributed by atoms with Crippen LogP contribution in [0, 0.1) is 6.92 Å². The molecule has 3 heterocycles. The van der Waals surface area contributed by atoms with Gasteiger partial charge in [-0.2, -0.15) is 0 Å². The van der Waals surface area contributed by atoms with Gasteiger partial charge < -0.3 is 24.7 Å². The predicted octanol–water partition coefficient (Wildman–Crippen LogP) is 3.39. The third-order valence-electron chi connectivity index (χ3n) is 5.08. The van der Waals surface area contributed by atoms with Crippen molar-refractivity contribution in [2.45, 2.75) is 32.4 Å². The summed E-state index contributed by atoms with van der Waals surface area (Å²) in [6.07, 6.45) is 1.74. The molecule has 0 saturated heterocycles. The van der Waals surface area contributed by atoms with Crippen molar-refractivity contribution in [2.75, 3.05) is 35.8 Å². The zero-order chi connectivity index (χ0) is 17.8. The fraction of sp³-hybridized carbons (Fsp3) is 0.421. The Morgan fingerprint density at radius 2 is 1.96 bits per heavy atom. The summed E-state index contributed by atoms with van der Waals surface area (Å²) in [7, 11) is 1.65. The Morgan fingerprint density at radius 1 is 1.24 bits per heavy atom. The first-order chi connectivity index (χ1) is 11.9. The van der Waals surface area contributed by atoms with E-state index in [1.807, 2.05) is 31.7 Å². The minimum absolute atomic E-state index is 0.0267. The van der Waals surface area contributed by atoms with E-state index in [0.29, 0.717) is 13.2 Å². The number of benzene rings is 1. The minimum Gasteiger partial charge on any atom is -0.469 e. The van der Waals surface area contributed by atoms with Crippen LogP contribution in [0.1, 0.15) is 36.9 Å². The number of methoxy groups -OCH3 is 1. The summed E-state index contributed by atoms with van der Waals surface area (Å²) >= 11 is 0. The molecule has 2 N–H and O–H groups in total. The molecule has 2 aliphatic rings. The van der Waals surface area contributed by atoms with Crippen LogP contribution in [-0.2, 0) is 14.9 Å². The number of carbonyl (C=O) groups excluding carboxylic acids is 1. The average molecular weight is 341 g/mol. The summed E-state index contributed by atoms with van der Waals surface area (Å²) in [6.45, 7) is 6.96. The molecule has 6 heteroatoms. The molecule has 0 radical (unpaired) electrons. The topological polar surface area (TPSA) is 66.7 Å². The smallest absolute Gasteiger partial charge is 0.237 e. The Balaban J connectivity index is 1.70. The summed E-state index contributed by atoms with van der Waals surface area (Å²) in [5, 5.41) is 6.95. The molecule has 2 aliphatic heterocycles. The Morgan fingerprint density at radius 3 is 2.60 bits per heavy atom. The van der Waals surface area contributed by atoms with Crippen molar-refractivity contribution in [3.8, 4) is 0 Å². The van der Waals surface area contributed by atoms with Crippen LogP contribution < -0.4 is 15.5 Å². The predicted molar refractivity (Wildman–Crippen MR) is 97.1 cm³/mol. The van der Waals surface area contributed by atoms with Gasteiger partial charge in [0.25, 0.3) is 0 Å². The Bertz CT molecular complexity index is 840. The van der Waals surface area contributed by atoms with Gasteiger partial charge in [0.2, 0.25) is 5.91 Å². The van der Waals surface area contributed by atoms with Crippen molar-refractivity contribution in [3.63, 3.8) is 0 Å². The lowest BCUT2D eigenvalue weighted by Crippen LogP contribution is -2.38. The molecule has 132 valence electrons. The summed E-state index contributed by atoms with van der Waals surface area (Å²) in [4.78, 5) is 14.7. The maximum Gasteiger partial charge on any atom is 0.237 e. The van der Waals surface area contributed by atoms with Crippen LogP contribution in [0.2, 0.25) is 0 Å². The molecule has 0 aliphatic carbocycles. The second-order valence-electron chi connectivity index (χ2n) is 7.20. The van der Waals surface area contributed by atoms with Crippen LogP contribution in [0.3, 0.4) is 0 Å². The van der Waals surface area contributed by atoms with Crippen LogP contribution in [0.15, 0.2) is 28.9 Å². The highest BCUT2D eigenvalue weighted by atomic mass is 16.5. The lowest BCUT2D eigenvalue weighted by molar-refractivity contribution is -0.122. The monoisotopic (exact) mass is 341 g/mol. The van der Waals surface area contributed by atoms with Crippen molar-refractivity contribution >= 4 is 23.0 Å². The molecule has 1 amide bonds. The van der Waals surface area contributed by atoms with E-state index in [9.17, 15) is 4.79 Å². The SMILES string of the molecule is COCCN1C(=O)C(C)(C)c2cc3c(cc21)NC(c1coc(C)c1)N3. The Hall–Kier alpha value is -2.47. The minimum atomic E-state index is -0.538. The fourth-order valence-electron chi connectivity index (χ4n) is 3.65. The van der Waals surface area contributed by atoms with Gasteiger partial charge in [-0.25, -0.2) is 0 Å². The van der Waals surface area contributed by atoms with E-state index in [0.717, 1.165) is 33.9 Å². The number of rotatable bonds is 4. The number of amides is 1. The van der Waals surface area contributed by atoms with Gasteiger partial charge in [0, 0.05) is 19.2 Å². The molecular formula is C19H23N3O3. The molecule has 0 bridgehead atoms. The van der Waals surface area contributed by atoms with E-state index in [2.05, 4.69) is 22.8 Å². The molecule has 0 saturated carbocycles. The third-order valence-corrected chi connectivity index (χ3v) is 5.08. The molecule has 6 nitrogen and oxygen atoms in total. The zero-order valence-electron chi connectivity index (χ0n) is 15.0. The third kappa shape index (κ3) is 2.40. The van der Waals surface area contributed by atoms with Gasteiger partial charge in [-0.1, -0.05) is 0 Å². The average Bonchev–Trinajstić information content (AvgIpc) is 3.23. The number of carbonyl (C=O) groups is 1. The number of anilines is 3. The molecule has 25 heavy (non-hydrogen) atoms. The van der Waals surface area contributed by atoms with Crippen LogP contribution in [0.25, 0.3) is 0 Å². The van der Waals surface area contributed by atoms with Crippen LogP contribution in [-0.4, -0.2) is 26.2 Å². The molecule has 1 atom stereocenters. The van der Waals surface area contributed by atoms with E-state index in [4.69, 9.17) is 9.15 Å². The van der Waals surface area contributed by atoms with Gasteiger partial charge in [0.1, 0.15) is 11.9 Å². The molecule has 1 aromatic heterocycles. The van der Waals surface area contributed by atoms with Gasteiger partial charge >= 0.3 is 0 Å². The van der Waals surface area contributed by atoms with Crippen LogP contribution >= 0.6 is 0 Å². The van der Waals surface area contributed by atoms with Crippen LogP contribution in [0.5, 0.6) is 0 Å². The normalized spacial score (nSPS) is 20.2. The number of furan rings is 1. The van der Waals surface area contributed by atoms with Crippen molar-refractivity contribution in [1.29, 1.82) is 0 Å². The number of aryl methyl sites for hydroxylation is 1. The number of nitrogens with zero attached hydrogens (tertiary/aromatic N) is 1. The van der Waals surface area contributed by atoms with Gasteiger partial charge in [-0.3, -0.25) is 4.79 Å². The number of hydrogen-bond acceptors (Lipinski definition) is 5. The quantitative estimate of drug-likeness (QED) is 0.892. The maximum absolute atomic E-state index is 12.8. The molecular weight excluding hydrogens is 318 g/mol. The fourth-order valence-corrected chi connectivity index (χ4v) is 3.65. The lowest BCUT2D eigenvalue weighted by Gasteiger charge is -2.20. The highest BCUT2D eigenvalue weighted by Gasteiger charge is 2.44. The largest absolute Gasteiger partial charge is 0.469 e. The first-order valence-corrected chi connectivity index (χ1v) is 8.49. The second kappa shape index (κ2) is 5.52. The van der Waals surface area contributed by atoms with Gasteiger partial charge in [-0.05, 0) is 44.5 Å². The standard InChI is InChI=1S/C19H23N3O3/c1-11-7-12(10-25-11)17-20-14-8-13-16(9-15(14)21-17)22(5-6-24-4)18(23)19(13,2)3/h7-10,17,20-21H,5-6H2,1-4H3. The lowest BCUT2D eigenvalue weighted by atomic mass is 9.86. The number of nitrogens with one attached hydrogen (secondary N) is 2. The molecule has 0 fully saturated rings. The van der Waals surface area contributed by atoms with E-state index in [-0.39, 0.29) is 12.1 Å². The maximum atomic E-state index is 12.8. The summed E-state index contributed by atoms with van der Waals surface area (Å²) in [6, 6.07) is 6.17. The van der Waals surface area contributed by atoms with Gasteiger partial charge in [-0.15, -0.1) is 0 Å². The summed E-state index contributed by atoms with van der Waals surface area (Å²) in [5.41, 5.74) is 4.53. The molecule has 4 rings (SSSR count). The highest BCUT2D eigenvalue weighted by Crippen LogP contribution is 2.48. The Kier molecular flexibility index (Phi) is 3.54. The first-order valence-electron chi connectivity index (χ1n) is 8.49. The second-order valence-corrected chi connectivity index (χ2v) is 7.20. The van der Waals surface area contributed by atoms with Crippen LogP contribution in [0.4, 0.5) is 17.1 Å². The van der Waals surface area contributed by atoms with E-state index in [1.54, 1.807) is 13.4 Å². The number of ether oxygens (including phenoxy) is 1. The first kappa shape index (κ1) is 16.0. The van der Waals surface area contributed by atoms with Crippen molar-refractivity contribution in [1.82, 2.24) is 0 Å². The Labute approximate surface area is 147 Å². The van der Waals surface area contributed by atoms with Crippen molar-refractivity contribution < 1.29 is 13.9 Å². The number of fused-ring (bicyclic) bond motifs is 2. The molecule has 1 unspecified atom stereocenters. The molecule has 1 aromatic carbocycles. The summed E-state index contributed by atoms with van der Waals surface area (Å²) < 4.78 is 10.6. The van der Waals surface area contributed by atoms with E-state index < -0.39 is 5.41 Å². The van der Waals surface area contributed by atoms with Gasteiger partial charge in [0.15, 0.2) is 0 Å². The van der Waals surface area contributed by atoms with Crippen molar-refractivity contribution in [2.24, 2.45) is 0 Å². The zero-order valence-corrected chi connectivity index (χ0v) is 15.0. The van der Waals surface area contributed by atoms with Crippen molar-refractivity contribution in [3.05, 3.63) is 41.3 Å². The molecule has 2 aromatic rings. The number of hydrogen-bond donors (Lipinski definition) is 2. The van der Waals surface area contributed by atoms with Gasteiger partial charge in [0.05, 0.1) is 35.3 Å². The van der Waals surface area contributed by atoms with E-state index >= 15 is 0 Å². The molecule has 0 spiro atoms.